The average molecular weight is 230 g/mol. The van der Waals surface area contributed by atoms with Crippen LogP contribution < -0.4 is 0 Å². The quantitative estimate of drug-likeness (QED) is 0.833. The van der Waals surface area contributed by atoms with Crippen LogP contribution in [0.5, 0.6) is 0 Å². The summed E-state index contributed by atoms with van der Waals surface area (Å²) < 4.78 is 0. The SMILES string of the molecule is Cc1ccc(-c2nc(C(=O)O)[nH]c2C)c(C)c1. The van der Waals surface area contributed by atoms with Gasteiger partial charge in [-0.3, -0.25) is 0 Å². The zero-order valence-electron chi connectivity index (χ0n) is 10.0. The van der Waals surface area contributed by atoms with E-state index in [9.17, 15) is 4.79 Å². The minimum absolute atomic E-state index is 0.0162. The highest BCUT2D eigenvalue weighted by Crippen LogP contribution is 2.25. The van der Waals surface area contributed by atoms with E-state index < -0.39 is 5.97 Å². The minimum Gasteiger partial charge on any atom is -0.475 e. The Kier molecular flexibility index (Phi) is 2.71. The van der Waals surface area contributed by atoms with Gasteiger partial charge in [-0.1, -0.05) is 23.8 Å². The predicted molar refractivity (Wildman–Crippen MR) is 65.2 cm³/mol. The molecule has 0 bridgehead atoms. The van der Waals surface area contributed by atoms with E-state index in [0.717, 1.165) is 16.8 Å². The fourth-order valence-electron chi connectivity index (χ4n) is 1.90. The maximum Gasteiger partial charge on any atom is 0.371 e. The third kappa shape index (κ3) is 2.06. The van der Waals surface area contributed by atoms with E-state index in [1.54, 1.807) is 0 Å². The second-order valence-electron chi connectivity index (χ2n) is 4.18. The van der Waals surface area contributed by atoms with Crippen LogP contribution in [0.15, 0.2) is 18.2 Å². The fourth-order valence-corrected chi connectivity index (χ4v) is 1.90. The van der Waals surface area contributed by atoms with Crippen LogP contribution in [0.3, 0.4) is 0 Å². The summed E-state index contributed by atoms with van der Waals surface area (Å²) in [5.74, 6) is -1.05. The molecule has 0 unspecified atom stereocenters. The number of carboxylic acid groups (broad SMARTS) is 1. The van der Waals surface area contributed by atoms with E-state index in [4.69, 9.17) is 5.11 Å². The largest absolute Gasteiger partial charge is 0.475 e. The third-order valence-corrected chi connectivity index (χ3v) is 2.72. The minimum atomic E-state index is -1.04. The molecule has 88 valence electrons. The summed E-state index contributed by atoms with van der Waals surface area (Å²) in [5, 5.41) is 8.89. The Labute approximate surface area is 99.3 Å². The third-order valence-electron chi connectivity index (χ3n) is 2.72. The molecule has 0 radical (unpaired) electrons. The van der Waals surface area contributed by atoms with Crippen molar-refractivity contribution in [1.29, 1.82) is 0 Å². The van der Waals surface area contributed by atoms with Gasteiger partial charge in [0.15, 0.2) is 0 Å². The molecule has 0 aliphatic rings. The number of rotatable bonds is 2. The van der Waals surface area contributed by atoms with Crippen LogP contribution in [0.4, 0.5) is 0 Å². The van der Waals surface area contributed by atoms with E-state index in [0.29, 0.717) is 5.69 Å². The lowest BCUT2D eigenvalue weighted by atomic mass is 10.0. The van der Waals surface area contributed by atoms with Crippen molar-refractivity contribution in [1.82, 2.24) is 9.97 Å². The number of carbonyl (C=O) groups is 1. The lowest BCUT2D eigenvalue weighted by Gasteiger charge is -2.04. The van der Waals surface area contributed by atoms with Crippen LogP contribution >= 0.6 is 0 Å². The topological polar surface area (TPSA) is 66.0 Å². The van der Waals surface area contributed by atoms with Gasteiger partial charge in [0.25, 0.3) is 0 Å². The molecule has 0 aliphatic heterocycles. The zero-order valence-corrected chi connectivity index (χ0v) is 10.0. The van der Waals surface area contributed by atoms with Crippen molar-refractivity contribution in [2.75, 3.05) is 0 Å². The van der Waals surface area contributed by atoms with Crippen molar-refractivity contribution in [2.24, 2.45) is 0 Å². The lowest BCUT2D eigenvalue weighted by Crippen LogP contribution is -1.98. The van der Waals surface area contributed by atoms with Crippen molar-refractivity contribution in [3.05, 3.63) is 40.8 Å². The summed E-state index contributed by atoms with van der Waals surface area (Å²) in [6.07, 6.45) is 0. The first kappa shape index (κ1) is 11.4. The maximum absolute atomic E-state index is 10.8. The summed E-state index contributed by atoms with van der Waals surface area (Å²) >= 11 is 0. The Morgan fingerprint density at radius 2 is 2.00 bits per heavy atom. The van der Waals surface area contributed by atoms with E-state index in [-0.39, 0.29) is 5.82 Å². The molecule has 4 heteroatoms. The molecule has 1 aromatic carbocycles. The van der Waals surface area contributed by atoms with E-state index in [1.807, 2.05) is 32.9 Å². The molecule has 4 nitrogen and oxygen atoms in total. The molecule has 0 fully saturated rings. The number of imidazole rings is 1. The van der Waals surface area contributed by atoms with Gasteiger partial charge in [-0.2, -0.15) is 0 Å². The average Bonchev–Trinajstić information content (AvgIpc) is 2.61. The predicted octanol–water partition coefficient (Wildman–Crippen LogP) is 2.70. The van der Waals surface area contributed by atoms with E-state index >= 15 is 0 Å². The fraction of sp³-hybridized carbons (Fsp3) is 0.231. The molecule has 1 aromatic heterocycles. The molecule has 2 rings (SSSR count). The first-order chi connectivity index (χ1) is 7.99. The number of aromatic carboxylic acids is 1. The second-order valence-corrected chi connectivity index (χ2v) is 4.18. The Balaban J connectivity index is 2.56. The molecule has 2 N–H and O–H groups in total. The number of hydrogen-bond acceptors (Lipinski definition) is 2. The molecule has 0 aliphatic carbocycles. The smallest absolute Gasteiger partial charge is 0.371 e. The Morgan fingerprint density at radius 1 is 1.29 bits per heavy atom. The van der Waals surface area contributed by atoms with E-state index in [1.165, 1.54) is 5.56 Å². The van der Waals surface area contributed by atoms with Crippen LogP contribution in [-0.2, 0) is 0 Å². The van der Waals surface area contributed by atoms with Gasteiger partial charge in [-0.05, 0) is 26.3 Å². The molecule has 0 saturated heterocycles. The normalized spacial score (nSPS) is 10.5. The Bertz CT molecular complexity index is 585. The number of aromatic amines is 1. The first-order valence-corrected chi connectivity index (χ1v) is 5.36. The van der Waals surface area contributed by atoms with Gasteiger partial charge >= 0.3 is 5.97 Å². The van der Waals surface area contributed by atoms with Gasteiger partial charge in [0, 0.05) is 11.3 Å². The summed E-state index contributed by atoms with van der Waals surface area (Å²) in [4.78, 5) is 17.7. The summed E-state index contributed by atoms with van der Waals surface area (Å²) in [5.41, 5.74) is 4.72. The summed E-state index contributed by atoms with van der Waals surface area (Å²) in [7, 11) is 0. The molecule has 17 heavy (non-hydrogen) atoms. The number of H-pyrrole nitrogens is 1. The number of nitrogens with zero attached hydrogens (tertiary/aromatic N) is 1. The standard InChI is InChI=1S/C13H14N2O2/c1-7-4-5-10(8(2)6-7)11-9(3)14-12(15-11)13(16)17/h4-6H,1-3H3,(H,14,15)(H,16,17). The molecule has 1 heterocycles. The lowest BCUT2D eigenvalue weighted by molar-refractivity contribution is 0.0684. The Morgan fingerprint density at radius 3 is 2.53 bits per heavy atom. The molecule has 2 aromatic rings. The number of aromatic nitrogens is 2. The van der Waals surface area contributed by atoms with Gasteiger partial charge < -0.3 is 10.1 Å². The number of carboxylic acids is 1. The highest BCUT2D eigenvalue weighted by atomic mass is 16.4. The summed E-state index contributed by atoms with van der Waals surface area (Å²) in [6, 6.07) is 6.03. The maximum atomic E-state index is 10.8. The number of aryl methyl sites for hydroxylation is 3. The molecule has 0 amide bonds. The number of benzene rings is 1. The van der Waals surface area contributed by atoms with Crippen molar-refractivity contribution >= 4 is 5.97 Å². The molecule has 0 saturated carbocycles. The van der Waals surface area contributed by atoms with Crippen LogP contribution in [0, 0.1) is 20.8 Å². The van der Waals surface area contributed by atoms with Crippen molar-refractivity contribution in [3.63, 3.8) is 0 Å². The van der Waals surface area contributed by atoms with Crippen molar-refractivity contribution in [2.45, 2.75) is 20.8 Å². The number of nitrogens with one attached hydrogen (secondary N) is 1. The second kappa shape index (κ2) is 4.05. The van der Waals surface area contributed by atoms with Gasteiger partial charge in [0.1, 0.15) is 0 Å². The molecule has 0 atom stereocenters. The molecule has 0 spiro atoms. The van der Waals surface area contributed by atoms with Crippen molar-refractivity contribution in [3.8, 4) is 11.3 Å². The zero-order chi connectivity index (χ0) is 12.6. The van der Waals surface area contributed by atoms with Crippen LogP contribution in [0.25, 0.3) is 11.3 Å². The highest BCUT2D eigenvalue weighted by molar-refractivity contribution is 5.85. The van der Waals surface area contributed by atoms with Crippen LogP contribution in [-0.4, -0.2) is 21.0 Å². The van der Waals surface area contributed by atoms with Crippen molar-refractivity contribution < 1.29 is 9.90 Å². The van der Waals surface area contributed by atoms with Gasteiger partial charge in [-0.15, -0.1) is 0 Å². The first-order valence-electron chi connectivity index (χ1n) is 5.36. The highest BCUT2D eigenvalue weighted by Gasteiger charge is 2.14. The van der Waals surface area contributed by atoms with Gasteiger partial charge in [-0.25, -0.2) is 9.78 Å². The van der Waals surface area contributed by atoms with Gasteiger partial charge in [0.05, 0.1) is 5.69 Å². The molecular formula is C13H14N2O2. The van der Waals surface area contributed by atoms with Crippen LogP contribution in [0.2, 0.25) is 0 Å². The number of hydrogen-bond donors (Lipinski definition) is 2. The van der Waals surface area contributed by atoms with Gasteiger partial charge in [0.2, 0.25) is 5.82 Å². The van der Waals surface area contributed by atoms with Crippen LogP contribution in [0.1, 0.15) is 27.4 Å². The Hall–Kier alpha value is -2.10. The van der Waals surface area contributed by atoms with E-state index in [2.05, 4.69) is 16.0 Å². The molecular weight excluding hydrogens is 216 g/mol. The monoisotopic (exact) mass is 230 g/mol. The summed E-state index contributed by atoms with van der Waals surface area (Å²) in [6.45, 7) is 5.85.